The molecule has 1 atom stereocenters. The van der Waals surface area contributed by atoms with Crippen LogP contribution >= 0.6 is 11.8 Å². The summed E-state index contributed by atoms with van der Waals surface area (Å²) in [6.45, 7) is 0. The van der Waals surface area contributed by atoms with E-state index >= 15 is 0 Å². The van der Waals surface area contributed by atoms with Crippen molar-refractivity contribution < 1.29 is 14.3 Å². The van der Waals surface area contributed by atoms with Gasteiger partial charge in [-0.1, -0.05) is 17.8 Å². The van der Waals surface area contributed by atoms with Gasteiger partial charge in [-0.3, -0.25) is 9.59 Å². The number of nitrogens with zero attached hydrogens (tertiary/aromatic N) is 2. The second kappa shape index (κ2) is 6.19. The second-order valence-electron chi connectivity index (χ2n) is 4.74. The van der Waals surface area contributed by atoms with E-state index in [-0.39, 0.29) is 18.2 Å². The van der Waals surface area contributed by atoms with Gasteiger partial charge in [0.15, 0.2) is 0 Å². The monoisotopic (exact) mass is 314 g/mol. The molecule has 1 aliphatic rings. The van der Waals surface area contributed by atoms with Gasteiger partial charge in [0.25, 0.3) is 0 Å². The highest BCUT2D eigenvalue weighted by atomic mass is 32.2. The minimum atomic E-state index is -0.426. The van der Waals surface area contributed by atoms with Crippen LogP contribution in [-0.4, -0.2) is 29.2 Å². The maximum absolute atomic E-state index is 12.5. The van der Waals surface area contributed by atoms with Crippen LogP contribution in [0.25, 0.3) is 0 Å². The zero-order valence-electron chi connectivity index (χ0n) is 11.9. The van der Waals surface area contributed by atoms with E-state index in [1.807, 2.05) is 18.2 Å². The molecule has 0 unspecified atom stereocenters. The van der Waals surface area contributed by atoms with E-state index < -0.39 is 5.25 Å². The molecule has 1 saturated heterocycles. The summed E-state index contributed by atoms with van der Waals surface area (Å²) in [5.41, 5.74) is 0.569. The minimum absolute atomic E-state index is 0.187. The number of amides is 2. The molecule has 0 saturated carbocycles. The van der Waals surface area contributed by atoms with Gasteiger partial charge in [-0.05, 0) is 36.4 Å². The first kappa shape index (κ1) is 14.6. The number of rotatable bonds is 4. The van der Waals surface area contributed by atoms with E-state index in [1.165, 1.54) is 16.7 Å². The molecule has 2 aromatic rings. The Labute approximate surface area is 132 Å². The summed E-state index contributed by atoms with van der Waals surface area (Å²) in [6, 6.07) is 12.4. The fourth-order valence-electron chi connectivity index (χ4n) is 2.26. The van der Waals surface area contributed by atoms with Gasteiger partial charge in [0, 0.05) is 12.6 Å². The number of carbonyl (C=O) groups excluding carboxylic acids is 2. The van der Waals surface area contributed by atoms with Crippen LogP contribution in [0.3, 0.4) is 0 Å². The molecule has 1 aromatic heterocycles. The Hall–Kier alpha value is -2.34. The zero-order chi connectivity index (χ0) is 15.5. The smallest absolute Gasteiger partial charge is 0.247 e. The number of hydrogen-bond acceptors (Lipinski definition) is 5. The van der Waals surface area contributed by atoms with Crippen molar-refractivity contribution in [2.75, 3.05) is 12.0 Å². The molecule has 22 heavy (non-hydrogen) atoms. The van der Waals surface area contributed by atoms with Crippen molar-refractivity contribution in [3.8, 4) is 5.75 Å². The molecule has 0 aliphatic carbocycles. The molecule has 0 radical (unpaired) electrons. The predicted octanol–water partition coefficient (Wildman–Crippen LogP) is 2.51. The molecule has 1 fully saturated rings. The van der Waals surface area contributed by atoms with Crippen LogP contribution in [0.1, 0.15) is 6.42 Å². The molecule has 1 aromatic carbocycles. The number of thioether (sulfide) groups is 1. The molecule has 112 valence electrons. The summed E-state index contributed by atoms with van der Waals surface area (Å²) < 4.78 is 5.08. The first-order chi connectivity index (χ1) is 10.7. The second-order valence-corrected chi connectivity index (χ2v) is 5.97. The highest BCUT2D eigenvalue weighted by Gasteiger charge is 2.40. The van der Waals surface area contributed by atoms with E-state index in [4.69, 9.17) is 4.74 Å². The van der Waals surface area contributed by atoms with Crippen molar-refractivity contribution >= 4 is 29.3 Å². The lowest BCUT2D eigenvalue weighted by atomic mass is 10.3. The Kier molecular flexibility index (Phi) is 4.11. The molecular weight excluding hydrogens is 300 g/mol. The topological polar surface area (TPSA) is 59.5 Å². The largest absolute Gasteiger partial charge is 0.497 e. The molecule has 5 nitrogen and oxygen atoms in total. The average Bonchev–Trinajstić information content (AvgIpc) is 2.82. The fourth-order valence-corrected chi connectivity index (χ4v) is 3.26. The van der Waals surface area contributed by atoms with Crippen molar-refractivity contribution in [3.63, 3.8) is 0 Å². The SMILES string of the molecule is COc1ccc(N2C(=O)C[C@@H](Sc3ccccn3)C2=O)cc1. The highest BCUT2D eigenvalue weighted by Crippen LogP contribution is 2.33. The Balaban J connectivity index is 1.79. The van der Waals surface area contributed by atoms with Crippen LogP contribution in [0.2, 0.25) is 0 Å². The van der Waals surface area contributed by atoms with Crippen LogP contribution in [0, 0.1) is 0 Å². The normalized spacial score (nSPS) is 17.9. The maximum atomic E-state index is 12.5. The summed E-state index contributed by atoms with van der Waals surface area (Å²) >= 11 is 1.32. The third kappa shape index (κ3) is 2.82. The first-order valence-corrected chi connectivity index (χ1v) is 7.65. The lowest BCUT2D eigenvalue weighted by Crippen LogP contribution is -2.31. The Morgan fingerprint density at radius 3 is 2.59 bits per heavy atom. The molecule has 0 bridgehead atoms. The summed E-state index contributed by atoms with van der Waals surface area (Å²) in [7, 11) is 1.57. The maximum Gasteiger partial charge on any atom is 0.247 e. The average molecular weight is 314 g/mol. The van der Waals surface area contributed by atoms with Crippen LogP contribution < -0.4 is 9.64 Å². The summed E-state index contributed by atoms with van der Waals surface area (Å²) in [5, 5.41) is 0.315. The highest BCUT2D eigenvalue weighted by molar-refractivity contribution is 8.00. The number of aromatic nitrogens is 1. The van der Waals surface area contributed by atoms with Gasteiger partial charge in [0.1, 0.15) is 5.75 Å². The third-order valence-electron chi connectivity index (χ3n) is 3.34. The van der Waals surface area contributed by atoms with Gasteiger partial charge in [-0.2, -0.15) is 0 Å². The molecule has 2 heterocycles. The number of pyridine rings is 1. The number of benzene rings is 1. The number of carbonyl (C=O) groups is 2. The van der Waals surface area contributed by atoms with Crippen LogP contribution in [0.5, 0.6) is 5.75 Å². The lowest BCUT2D eigenvalue weighted by Gasteiger charge is -2.15. The third-order valence-corrected chi connectivity index (χ3v) is 4.47. The van der Waals surface area contributed by atoms with Crippen LogP contribution in [0.15, 0.2) is 53.7 Å². The molecule has 2 amide bonds. The number of ether oxygens (including phenoxy) is 1. The molecule has 0 N–H and O–H groups in total. The number of methoxy groups -OCH3 is 1. The van der Waals surface area contributed by atoms with Crippen molar-refractivity contribution in [1.82, 2.24) is 4.98 Å². The fraction of sp³-hybridized carbons (Fsp3) is 0.188. The van der Waals surface area contributed by atoms with E-state index in [0.717, 1.165) is 5.03 Å². The van der Waals surface area contributed by atoms with E-state index in [0.29, 0.717) is 11.4 Å². The zero-order valence-corrected chi connectivity index (χ0v) is 12.7. The summed E-state index contributed by atoms with van der Waals surface area (Å²) in [4.78, 5) is 30.1. The molecular formula is C16H14N2O3S. The Morgan fingerprint density at radius 1 is 1.18 bits per heavy atom. The van der Waals surface area contributed by atoms with Gasteiger partial charge in [0.2, 0.25) is 11.8 Å². The van der Waals surface area contributed by atoms with Gasteiger partial charge in [-0.15, -0.1) is 0 Å². The minimum Gasteiger partial charge on any atom is -0.497 e. The van der Waals surface area contributed by atoms with E-state index in [9.17, 15) is 9.59 Å². The van der Waals surface area contributed by atoms with Crippen molar-refractivity contribution in [3.05, 3.63) is 48.7 Å². The molecule has 3 rings (SSSR count). The van der Waals surface area contributed by atoms with Gasteiger partial charge in [-0.25, -0.2) is 9.88 Å². The van der Waals surface area contributed by atoms with Crippen molar-refractivity contribution in [2.45, 2.75) is 16.7 Å². The lowest BCUT2D eigenvalue weighted by molar-refractivity contribution is -0.121. The molecule has 6 heteroatoms. The van der Waals surface area contributed by atoms with Crippen LogP contribution in [0.4, 0.5) is 5.69 Å². The van der Waals surface area contributed by atoms with Crippen LogP contribution in [-0.2, 0) is 9.59 Å². The van der Waals surface area contributed by atoms with Crippen molar-refractivity contribution in [1.29, 1.82) is 0 Å². The van der Waals surface area contributed by atoms with Gasteiger partial charge in [0.05, 0.1) is 23.1 Å². The number of hydrogen-bond donors (Lipinski definition) is 0. The molecule has 1 aliphatic heterocycles. The first-order valence-electron chi connectivity index (χ1n) is 6.77. The number of imide groups is 1. The Bertz CT molecular complexity index is 688. The van der Waals surface area contributed by atoms with E-state index in [2.05, 4.69) is 4.98 Å². The number of anilines is 1. The standard InChI is InChI=1S/C16H14N2O3S/c1-21-12-7-5-11(6-8-12)18-15(19)10-13(16(18)20)22-14-4-2-3-9-17-14/h2-9,13H,10H2,1H3/t13-/m1/s1. The van der Waals surface area contributed by atoms with E-state index in [1.54, 1.807) is 37.6 Å². The van der Waals surface area contributed by atoms with Crippen molar-refractivity contribution in [2.24, 2.45) is 0 Å². The van der Waals surface area contributed by atoms with Gasteiger partial charge < -0.3 is 4.74 Å². The summed E-state index contributed by atoms with van der Waals surface area (Å²) in [5.74, 6) is 0.289. The summed E-state index contributed by atoms with van der Waals surface area (Å²) in [6.07, 6.45) is 1.86. The quantitative estimate of drug-likeness (QED) is 0.812. The van der Waals surface area contributed by atoms with Gasteiger partial charge >= 0.3 is 0 Å². The predicted molar refractivity (Wildman–Crippen MR) is 84.0 cm³/mol. The molecule has 0 spiro atoms. The Morgan fingerprint density at radius 2 is 1.95 bits per heavy atom.